The van der Waals surface area contributed by atoms with Crippen molar-refractivity contribution in [2.75, 3.05) is 63.6 Å². The van der Waals surface area contributed by atoms with Crippen molar-refractivity contribution >= 4 is 40.7 Å². The number of likely N-dealkylation sites (tertiary alicyclic amines) is 2. The number of rotatable bonds is 7. The average molecular weight is 748 g/mol. The number of likely N-dealkylation sites (N-methyl/N-ethyl adjacent to an activating group) is 1. The first kappa shape index (κ1) is 36.9. The van der Waals surface area contributed by atoms with Gasteiger partial charge in [0.1, 0.15) is 16.6 Å². The molecule has 1 unspecified atom stereocenters. The van der Waals surface area contributed by atoms with Crippen LogP contribution in [0, 0.1) is 11.2 Å². The van der Waals surface area contributed by atoms with Gasteiger partial charge in [0.25, 0.3) is 11.5 Å². The van der Waals surface area contributed by atoms with Crippen molar-refractivity contribution in [1.82, 2.24) is 24.9 Å². The lowest BCUT2D eigenvalue weighted by atomic mass is 9.71. The minimum atomic E-state index is -0.630. The van der Waals surface area contributed by atoms with E-state index >= 15 is 4.39 Å². The lowest BCUT2D eigenvalue weighted by Gasteiger charge is -2.47. The van der Waals surface area contributed by atoms with Crippen LogP contribution in [0.15, 0.2) is 47.4 Å². The van der Waals surface area contributed by atoms with Crippen LogP contribution in [0.4, 0.5) is 15.8 Å². The van der Waals surface area contributed by atoms with Crippen LogP contribution in [-0.4, -0.2) is 96.8 Å². The van der Waals surface area contributed by atoms with E-state index < -0.39 is 17.6 Å². The number of amides is 3. The molecule has 3 amide bonds. The summed E-state index contributed by atoms with van der Waals surface area (Å²) >= 11 is 6.32. The average Bonchev–Trinajstić information content (AvgIpc) is 3.15. The van der Waals surface area contributed by atoms with Crippen molar-refractivity contribution in [2.45, 2.75) is 62.8 Å². The van der Waals surface area contributed by atoms with Gasteiger partial charge in [-0.05, 0) is 80.7 Å². The molecule has 1 spiro atoms. The van der Waals surface area contributed by atoms with Crippen LogP contribution in [0.1, 0.15) is 78.3 Å². The molecule has 4 fully saturated rings. The Morgan fingerprint density at radius 1 is 1.02 bits per heavy atom. The molecular formula is C39H47ClFN7O5. The fourth-order valence-electron chi connectivity index (χ4n) is 8.72. The number of hydrogen-bond acceptors (Lipinski definition) is 9. The molecule has 1 aromatic heterocycles. The van der Waals surface area contributed by atoms with Gasteiger partial charge in [-0.15, -0.1) is 0 Å². The summed E-state index contributed by atoms with van der Waals surface area (Å²) in [5, 5.41) is 10.0. The summed E-state index contributed by atoms with van der Waals surface area (Å²) in [6.07, 6.45) is 6.57. The standard InChI is InChI=1S/C39H47ClFN7O5/c1-45-22-26(18-27(23-45)43-31-21-42-46(2)38(52)35(31)40)24-4-6-25(7-5-24)37(51)48-16-12-39(13-17-48)10-14-47(15-11-39)32-20-33(53-3)29(19-30(32)41)28-8-9-34(49)44-36(28)50/h4-7,19-21,26-28,43H,8-18,22-23H2,1-3H3,(H,44,49,50)/t26-,27+,28?/m1/s1. The third-order valence-corrected chi connectivity index (χ3v) is 12.3. The number of aryl methyl sites for hydroxylation is 1. The third-order valence-electron chi connectivity index (χ3n) is 11.9. The minimum Gasteiger partial charge on any atom is -0.496 e. The molecule has 0 saturated carbocycles. The van der Waals surface area contributed by atoms with Crippen LogP contribution in [0.5, 0.6) is 5.75 Å². The van der Waals surface area contributed by atoms with E-state index in [0.29, 0.717) is 60.9 Å². The molecule has 5 heterocycles. The Hall–Kier alpha value is -4.49. The van der Waals surface area contributed by atoms with Gasteiger partial charge in [0.15, 0.2) is 0 Å². The number of imide groups is 1. The predicted molar refractivity (Wildman–Crippen MR) is 200 cm³/mol. The summed E-state index contributed by atoms with van der Waals surface area (Å²) in [5.74, 6) is -1.03. The SMILES string of the molecule is COc1cc(N2CCC3(CCN(C(=O)c4ccc([C@@H]5C[C@H](Nc6cnn(C)c(=O)c6Cl)CN(C)C5)cc4)CC3)CC2)c(F)cc1C1CCC(=O)NC1=O. The summed E-state index contributed by atoms with van der Waals surface area (Å²) in [4.78, 5) is 56.3. The second-order valence-electron chi connectivity index (χ2n) is 15.2. The zero-order chi connectivity index (χ0) is 37.4. The number of ether oxygens (including phenoxy) is 1. The van der Waals surface area contributed by atoms with Crippen molar-refractivity contribution in [2.24, 2.45) is 12.5 Å². The topological polar surface area (TPSA) is 129 Å². The molecule has 4 aliphatic rings. The monoisotopic (exact) mass is 747 g/mol. The van der Waals surface area contributed by atoms with E-state index in [1.807, 2.05) is 17.0 Å². The second-order valence-corrected chi connectivity index (χ2v) is 15.6. The number of nitrogens with one attached hydrogen (secondary N) is 2. The molecule has 0 bridgehead atoms. The van der Waals surface area contributed by atoms with Crippen LogP contribution in [0.2, 0.25) is 5.02 Å². The van der Waals surface area contributed by atoms with Crippen molar-refractivity contribution < 1.29 is 23.5 Å². The Morgan fingerprint density at radius 3 is 2.40 bits per heavy atom. The van der Waals surface area contributed by atoms with Gasteiger partial charge >= 0.3 is 0 Å². The molecule has 0 aliphatic carbocycles. The summed E-state index contributed by atoms with van der Waals surface area (Å²) < 4.78 is 22.4. The summed E-state index contributed by atoms with van der Waals surface area (Å²) in [6, 6.07) is 11.2. The number of nitrogens with zero attached hydrogens (tertiary/aromatic N) is 5. The van der Waals surface area contributed by atoms with Crippen molar-refractivity contribution in [3.8, 4) is 5.75 Å². The highest BCUT2D eigenvalue weighted by Gasteiger charge is 2.40. The first-order valence-corrected chi connectivity index (χ1v) is 18.8. The Morgan fingerprint density at radius 2 is 1.72 bits per heavy atom. The molecule has 4 aliphatic heterocycles. The Labute approximate surface area is 313 Å². The highest BCUT2D eigenvalue weighted by molar-refractivity contribution is 6.32. The Bertz CT molecular complexity index is 1940. The van der Waals surface area contributed by atoms with Crippen LogP contribution in [0.25, 0.3) is 0 Å². The van der Waals surface area contributed by atoms with Gasteiger partial charge in [-0.2, -0.15) is 5.10 Å². The summed E-state index contributed by atoms with van der Waals surface area (Å²) in [5.41, 5.74) is 3.08. The van der Waals surface area contributed by atoms with Crippen LogP contribution in [0.3, 0.4) is 0 Å². The fourth-order valence-corrected chi connectivity index (χ4v) is 8.95. The van der Waals surface area contributed by atoms with E-state index in [1.54, 1.807) is 19.3 Å². The van der Waals surface area contributed by atoms with E-state index in [-0.39, 0.29) is 46.2 Å². The number of piperidine rings is 4. The largest absolute Gasteiger partial charge is 0.496 e. The van der Waals surface area contributed by atoms with Crippen LogP contribution < -0.4 is 25.8 Å². The normalized spacial score (nSPS) is 23.5. The highest BCUT2D eigenvalue weighted by Crippen LogP contribution is 2.44. The smallest absolute Gasteiger partial charge is 0.287 e. The van der Waals surface area contributed by atoms with Gasteiger partial charge in [0.05, 0.1) is 30.6 Å². The predicted octanol–water partition coefficient (Wildman–Crippen LogP) is 4.52. The lowest BCUT2D eigenvalue weighted by molar-refractivity contribution is -0.134. The van der Waals surface area contributed by atoms with Gasteiger partial charge in [-0.1, -0.05) is 23.7 Å². The van der Waals surface area contributed by atoms with E-state index in [0.717, 1.165) is 50.8 Å². The van der Waals surface area contributed by atoms with Gasteiger partial charge < -0.3 is 24.8 Å². The molecular weight excluding hydrogens is 701 g/mol. The molecule has 2 aromatic carbocycles. The molecule has 14 heteroatoms. The number of halogens is 2. The first-order valence-electron chi connectivity index (χ1n) is 18.5. The minimum absolute atomic E-state index is 0.0437. The summed E-state index contributed by atoms with van der Waals surface area (Å²) in [6.45, 7) is 4.43. The number of aromatic nitrogens is 2. The molecule has 3 aromatic rings. The van der Waals surface area contributed by atoms with Gasteiger partial charge in [0, 0.05) is 76.0 Å². The number of benzene rings is 2. The molecule has 12 nitrogen and oxygen atoms in total. The zero-order valence-electron chi connectivity index (χ0n) is 30.5. The van der Waals surface area contributed by atoms with E-state index in [4.69, 9.17) is 16.3 Å². The second kappa shape index (κ2) is 15.1. The molecule has 2 N–H and O–H groups in total. The van der Waals surface area contributed by atoms with Gasteiger partial charge in [0.2, 0.25) is 11.8 Å². The molecule has 7 rings (SSSR count). The number of anilines is 2. The molecule has 0 radical (unpaired) electrons. The van der Waals surface area contributed by atoms with Crippen molar-refractivity contribution in [1.29, 1.82) is 0 Å². The van der Waals surface area contributed by atoms with Gasteiger partial charge in [-0.3, -0.25) is 24.5 Å². The number of carbonyl (C=O) groups excluding carboxylic acids is 3. The summed E-state index contributed by atoms with van der Waals surface area (Å²) in [7, 11) is 5.16. The zero-order valence-corrected chi connectivity index (χ0v) is 31.3. The van der Waals surface area contributed by atoms with E-state index in [2.05, 4.69) is 44.7 Å². The van der Waals surface area contributed by atoms with E-state index in [1.165, 1.54) is 17.9 Å². The first-order chi connectivity index (χ1) is 25.4. The maximum absolute atomic E-state index is 15.6. The lowest BCUT2D eigenvalue weighted by Crippen LogP contribution is -2.48. The molecule has 4 saturated heterocycles. The third kappa shape index (κ3) is 7.64. The highest BCUT2D eigenvalue weighted by atomic mass is 35.5. The number of hydrogen-bond donors (Lipinski definition) is 2. The molecule has 282 valence electrons. The van der Waals surface area contributed by atoms with Crippen LogP contribution >= 0.6 is 11.6 Å². The molecule has 3 atom stereocenters. The van der Waals surface area contributed by atoms with Gasteiger partial charge in [-0.25, -0.2) is 9.07 Å². The number of carbonyl (C=O) groups is 3. The Kier molecular flexibility index (Phi) is 10.5. The maximum Gasteiger partial charge on any atom is 0.287 e. The maximum atomic E-state index is 15.6. The van der Waals surface area contributed by atoms with Crippen molar-refractivity contribution in [3.05, 3.63) is 80.5 Å². The quantitative estimate of drug-likeness (QED) is 0.336. The number of methoxy groups -OCH3 is 1. The fraction of sp³-hybridized carbons (Fsp3) is 0.513. The van der Waals surface area contributed by atoms with E-state index in [9.17, 15) is 19.2 Å². The van der Waals surface area contributed by atoms with Crippen LogP contribution in [-0.2, 0) is 16.6 Å². The van der Waals surface area contributed by atoms with Crippen molar-refractivity contribution in [3.63, 3.8) is 0 Å². The molecule has 53 heavy (non-hydrogen) atoms. The Balaban J connectivity index is 0.930.